The summed E-state index contributed by atoms with van der Waals surface area (Å²) >= 11 is 3.10. The molecule has 0 bridgehead atoms. The molecule has 0 spiro atoms. The molecule has 0 radical (unpaired) electrons. The molecule has 8 heteroatoms. The van der Waals surface area contributed by atoms with Crippen molar-refractivity contribution < 1.29 is 19.6 Å². The van der Waals surface area contributed by atoms with E-state index in [1.54, 1.807) is 0 Å². The van der Waals surface area contributed by atoms with Gasteiger partial charge in [0.2, 0.25) is 5.75 Å². The van der Waals surface area contributed by atoms with Crippen LogP contribution in [0.15, 0.2) is 16.6 Å². The number of aliphatic hydroxyl groups excluding tert-OH is 1. The normalized spacial score (nSPS) is 11.9. The summed E-state index contributed by atoms with van der Waals surface area (Å²) in [5.41, 5.74) is 4.78. The molecule has 0 fully saturated rings. The third kappa shape index (κ3) is 3.41. The van der Waals surface area contributed by atoms with Gasteiger partial charge in [0.1, 0.15) is 0 Å². The monoisotopic (exact) mass is 318 g/mol. The number of carbonyl (C=O) groups is 1. The third-order valence-corrected chi connectivity index (χ3v) is 2.53. The Kier molecular flexibility index (Phi) is 4.62. The molecule has 0 saturated heterocycles. The Morgan fingerprint density at radius 3 is 2.72 bits per heavy atom. The number of primary amides is 1. The second-order valence-electron chi connectivity index (χ2n) is 3.53. The number of benzene rings is 1. The Hall–Kier alpha value is -1.67. The summed E-state index contributed by atoms with van der Waals surface area (Å²) in [6.07, 6.45) is -0.982. The maximum absolute atomic E-state index is 10.9. The Balaban J connectivity index is 3.31. The number of aliphatic hydroxyl groups is 1. The van der Waals surface area contributed by atoms with Crippen molar-refractivity contribution in [3.05, 3.63) is 32.3 Å². The molecule has 1 rings (SSSR count). The van der Waals surface area contributed by atoms with Crippen LogP contribution >= 0.6 is 15.9 Å². The Morgan fingerprint density at radius 1 is 1.67 bits per heavy atom. The third-order valence-electron chi connectivity index (χ3n) is 2.07. The van der Waals surface area contributed by atoms with Crippen LogP contribution in [0.5, 0.6) is 5.75 Å². The van der Waals surface area contributed by atoms with Crippen molar-refractivity contribution in [3.63, 3.8) is 0 Å². The number of nitrogens with zero attached hydrogens (tertiary/aromatic N) is 1. The van der Waals surface area contributed by atoms with Crippen LogP contribution in [0.25, 0.3) is 0 Å². The Morgan fingerprint density at radius 2 is 2.28 bits per heavy atom. The lowest BCUT2D eigenvalue weighted by Gasteiger charge is -2.13. The van der Waals surface area contributed by atoms with E-state index in [4.69, 9.17) is 10.5 Å². The molecule has 0 aliphatic carbocycles. The zero-order chi connectivity index (χ0) is 13.9. The van der Waals surface area contributed by atoms with E-state index in [2.05, 4.69) is 15.9 Å². The van der Waals surface area contributed by atoms with Crippen molar-refractivity contribution >= 4 is 27.5 Å². The van der Waals surface area contributed by atoms with Crippen LogP contribution in [0, 0.1) is 10.1 Å². The van der Waals surface area contributed by atoms with Crippen molar-refractivity contribution in [1.82, 2.24) is 0 Å². The number of hydrogen-bond acceptors (Lipinski definition) is 5. The molecule has 0 aromatic heterocycles. The van der Waals surface area contributed by atoms with E-state index in [9.17, 15) is 20.0 Å². The van der Waals surface area contributed by atoms with Crippen LogP contribution in [0.4, 0.5) is 5.69 Å². The highest BCUT2D eigenvalue weighted by molar-refractivity contribution is 9.10. The van der Waals surface area contributed by atoms with Gasteiger partial charge >= 0.3 is 5.69 Å². The highest BCUT2D eigenvalue weighted by atomic mass is 79.9. The number of rotatable bonds is 5. The molecule has 98 valence electrons. The molecule has 0 heterocycles. The number of nitro benzene ring substituents is 1. The molecule has 0 aliphatic heterocycles. The minimum atomic E-state index is -0.982. The lowest BCUT2D eigenvalue weighted by molar-refractivity contribution is -0.386. The first kappa shape index (κ1) is 14.4. The highest BCUT2D eigenvalue weighted by Crippen LogP contribution is 2.37. The maximum Gasteiger partial charge on any atom is 0.312 e. The van der Waals surface area contributed by atoms with Crippen LogP contribution in [-0.2, 0) is 4.79 Å². The van der Waals surface area contributed by atoms with Crippen molar-refractivity contribution in [1.29, 1.82) is 0 Å². The topological polar surface area (TPSA) is 116 Å². The van der Waals surface area contributed by atoms with Gasteiger partial charge in [-0.15, -0.1) is 0 Å². The summed E-state index contributed by atoms with van der Waals surface area (Å²) in [6, 6.07) is 2.70. The standard InChI is InChI=1S/C10H11BrN2O5/c1-5(14)7-2-6(11)3-8(13(16)17)10(7)18-4-9(12)15/h2-3,5,14H,4H2,1H3,(H2,12,15)/t5-/m0/s1. The quantitative estimate of drug-likeness (QED) is 0.626. The molecular formula is C10H11BrN2O5. The molecule has 0 unspecified atom stereocenters. The first-order valence-corrected chi connectivity index (χ1v) is 5.69. The molecule has 1 atom stereocenters. The van der Waals surface area contributed by atoms with Gasteiger partial charge in [-0.1, -0.05) is 15.9 Å². The van der Waals surface area contributed by atoms with Gasteiger partial charge in [0.05, 0.1) is 11.0 Å². The zero-order valence-corrected chi connectivity index (χ0v) is 11.0. The zero-order valence-electron chi connectivity index (χ0n) is 9.42. The van der Waals surface area contributed by atoms with Gasteiger partial charge in [0, 0.05) is 16.1 Å². The second-order valence-corrected chi connectivity index (χ2v) is 4.45. The van der Waals surface area contributed by atoms with Gasteiger partial charge in [-0.25, -0.2) is 0 Å². The number of amides is 1. The van der Waals surface area contributed by atoms with Gasteiger partial charge in [0.15, 0.2) is 6.61 Å². The van der Waals surface area contributed by atoms with Gasteiger partial charge in [-0.05, 0) is 13.0 Å². The highest BCUT2D eigenvalue weighted by Gasteiger charge is 2.23. The van der Waals surface area contributed by atoms with E-state index < -0.39 is 23.5 Å². The van der Waals surface area contributed by atoms with Crippen LogP contribution in [0.1, 0.15) is 18.6 Å². The van der Waals surface area contributed by atoms with E-state index in [0.29, 0.717) is 4.47 Å². The maximum atomic E-state index is 10.9. The number of carbonyl (C=O) groups excluding carboxylic acids is 1. The van der Waals surface area contributed by atoms with Gasteiger partial charge in [0.25, 0.3) is 5.91 Å². The van der Waals surface area contributed by atoms with Crippen molar-refractivity contribution in [3.8, 4) is 5.75 Å². The molecule has 1 aromatic carbocycles. The molecule has 0 saturated carbocycles. The van der Waals surface area contributed by atoms with E-state index >= 15 is 0 Å². The van der Waals surface area contributed by atoms with E-state index in [0.717, 1.165) is 0 Å². The van der Waals surface area contributed by atoms with Crippen LogP contribution in [0.2, 0.25) is 0 Å². The van der Waals surface area contributed by atoms with Crippen molar-refractivity contribution in [2.45, 2.75) is 13.0 Å². The molecular weight excluding hydrogens is 308 g/mol. The Bertz CT molecular complexity index is 489. The average Bonchev–Trinajstić information content (AvgIpc) is 2.25. The summed E-state index contributed by atoms with van der Waals surface area (Å²) in [6.45, 7) is 0.935. The number of nitro groups is 1. The van der Waals surface area contributed by atoms with E-state index in [-0.39, 0.29) is 17.0 Å². The van der Waals surface area contributed by atoms with Gasteiger partial charge < -0.3 is 15.6 Å². The fraction of sp³-hybridized carbons (Fsp3) is 0.300. The number of nitrogens with two attached hydrogens (primary N) is 1. The minimum Gasteiger partial charge on any atom is -0.476 e. The molecule has 7 nitrogen and oxygen atoms in total. The largest absolute Gasteiger partial charge is 0.476 e. The molecule has 18 heavy (non-hydrogen) atoms. The van der Waals surface area contributed by atoms with Crippen LogP contribution < -0.4 is 10.5 Å². The van der Waals surface area contributed by atoms with Crippen LogP contribution in [-0.4, -0.2) is 22.5 Å². The summed E-state index contributed by atoms with van der Waals surface area (Å²) in [4.78, 5) is 20.9. The van der Waals surface area contributed by atoms with E-state index in [1.165, 1.54) is 19.1 Å². The fourth-order valence-corrected chi connectivity index (χ4v) is 1.81. The lowest BCUT2D eigenvalue weighted by Crippen LogP contribution is -2.21. The number of ether oxygens (including phenoxy) is 1. The first-order valence-electron chi connectivity index (χ1n) is 4.90. The molecule has 1 amide bonds. The number of halogens is 1. The summed E-state index contributed by atoms with van der Waals surface area (Å²) in [5, 5.41) is 20.5. The van der Waals surface area contributed by atoms with Crippen molar-refractivity contribution in [2.24, 2.45) is 5.73 Å². The molecule has 3 N–H and O–H groups in total. The summed E-state index contributed by atoms with van der Waals surface area (Å²) < 4.78 is 5.44. The SMILES string of the molecule is C[C@H](O)c1cc(Br)cc([N+](=O)[O-])c1OCC(N)=O. The van der Waals surface area contributed by atoms with Crippen molar-refractivity contribution in [2.75, 3.05) is 6.61 Å². The Labute approximate surface area is 111 Å². The minimum absolute atomic E-state index is 0.156. The predicted octanol–water partition coefficient (Wildman–Crippen LogP) is 1.27. The lowest BCUT2D eigenvalue weighted by atomic mass is 10.1. The summed E-state index contributed by atoms with van der Waals surface area (Å²) in [7, 11) is 0. The fourth-order valence-electron chi connectivity index (χ4n) is 1.35. The predicted molar refractivity (Wildman–Crippen MR) is 66.1 cm³/mol. The average molecular weight is 319 g/mol. The molecule has 1 aromatic rings. The van der Waals surface area contributed by atoms with E-state index in [1.807, 2.05) is 0 Å². The van der Waals surface area contributed by atoms with Gasteiger partial charge in [-0.2, -0.15) is 0 Å². The van der Waals surface area contributed by atoms with Crippen LogP contribution in [0.3, 0.4) is 0 Å². The smallest absolute Gasteiger partial charge is 0.312 e. The summed E-state index contributed by atoms with van der Waals surface area (Å²) in [5.74, 6) is -0.916. The molecule has 0 aliphatic rings. The second kappa shape index (κ2) is 5.78. The first-order chi connectivity index (χ1) is 8.32. The van der Waals surface area contributed by atoms with Gasteiger partial charge in [-0.3, -0.25) is 14.9 Å². The number of hydrogen-bond donors (Lipinski definition) is 2.